The summed E-state index contributed by atoms with van der Waals surface area (Å²) in [6.45, 7) is 6.11. The van der Waals surface area contributed by atoms with Crippen molar-refractivity contribution in [3.05, 3.63) is 99.6 Å². The first-order chi connectivity index (χ1) is 15.8. The lowest BCUT2D eigenvalue weighted by molar-refractivity contribution is -0.132. The maximum atomic E-state index is 13.3. The number of ether oxygens (including phenoxy) is 1. The largest absolute Gasteiger partial charge is 0.507 e. The van der Waals surface area contributed by atoms with Crippen LogP contribution in [0.2, 0.25) is 5.02 Å². The van der Waals surface area contributed by atoms with Gasteiger partial charge in [-0.2, -0.15) is 0 Å². The Morgan fingerprint density at radius 1 is 1.03 bits per heavy atom. The molecule has 1 N–H and O–H groups in total. The summed E-state index contributed by atoms with van der Waals surface area (Å²) in [5, 5.41) is 11.6. The number of aliphatic hydroxyl groups excluding tert-OH is 1. The molecular weight excluding hydrogens is 438 g/mol. The first-order valence-electron chi connectivity index (χ1n) is 10.7. The predicted molar refractivity (Wildman–Crippen MR) is 130 cm³/mol. The minimum Gasteiger partial charge on any atom is -0.507 e. The van der Waals surface area contributed by atoms with Crippen LogP contribution in [0.5, 0.6) is 5.75 Å². The highest BCUT2D eigenvalue weighted by molar-refractivity contribution is 6.52. The number of carbonyl (C=O) groups is 2. The van der Waals surface area contributed by atoms with Gasteiger partial charge in [0, 0.05) is 11.3 Å². The number of hydrogen-bond donors (Lipinski definition) is 1. The van der Waals surface area contributed by atoms with Gasteiger partial charge in [0.1, 0.15) is 11.5 Å². The van der Waals surface area contributed by atoms with E-state index in [0.29, 0.717) is 18.0 Å². The number of nitrogens with zero attached hydrogens (tertiary/aromatic N) is 1. The van der Waals surface area contributed by atoms with Crippen LogP contribution in [0.1, 0.15) is 35.2 Å². The van der Waals surface area contributed by atoms with Crippen molar-refractivity contribution in [2.75, 3.05) is 11.5 Å². The van der Waals surface area contributed by atoms with E-state index in [0.717, 1.165) is 16.7 Å². The molecule has 1 aliphatic heterocycles. The number of aryl methyl sites for hydroxylation is 2. The summed E-state index contributed by atoms with van der Waals surface area (Å²) in [4.78, 5) is 28.1. The van der Waals surface area contributed by atoms with Crippen molar-refractivity contribution in [1.82, 2.24) is 0 Å². The van der Waals surface area contributed by atoms with Crippen LogP contribution >= 0.6 is 11.6 Å². The zero-order valence-corrected chi connectivity index (χ0v) is 19.4. The van der Waals surface area contributed by atoms with Crippen LogP contribution < -0.4 is 9.64 Å². The molecule has 5 nitrogen and oxygen atoms in total. The number of aliphatic hydroxyl groups is 1. The van der Waals surface area contributed by atoms with Crippen LogP contribution in [-0.2, 0) is 9.59 Å². The average molecular weight is 462 g/mol. The summed E-state index contributed by atoms with van der Waals surface area (Å²) in [5.41, 5.74) is 3.40. The molecule has 1 unspecified atom stereocenters. The first kappa shape index (κ1) is 22.6. The number of carbonyl (C=O) groups excluding carboxylic acids is 2. The van der Waals surface area contributed by atoms with Gasteiger partial charge in [-0.1, -0.05) is 48.0 Å². The molecular formula is C27H24ClNO4. The van der Waals surface area contributed by atoms with Gasteiger partial charge in [-0.05, 0) is 67.8 Å². The second-order valence-corrected chi connectivity index (χ2v) is 8.35. The average Bonchev–Trinajstić information content (AvgIpc) is 3.05. The summed E-state index contributed by atoms with van der Waals surface area (Å²) < 4.78 is 5.54. The van der Waals surface area contributed by atoms with Crippen molar-refractivity contribution in [3.8, 4) is 5.75 Å². The Bertz CT molecular complexity index is 1280. The molecule has 0 radical (unpaired) electrons. The Morgan fingerprint density at radius 3 is 2.48 bits per heavy atom. The summed E-state index contributed by atoms with van der Waals surface area (Å²) >= 11 is 6.39. The van der Waals surface area contributed by atoms with Gasteiger partial charge in [-0.25, -0.2) is 0 Å². The van der Waals surface area contributed by atoms with Gasteiger partial charge in [0.2, 0.25) is 0 Å². The molecule has 0 aliphatic carbocycles. The van der Waals surface area contributed by atoms with E-state index in [2.05, 4.69) is 0 Å². The molecule has 0 bridgehead atoms. The lowest BCUT2D eigenvalue weighted by Crippen LogP contribution is -2.29. The van der Waals surface area contributed by atoms with Crippen LogP contribution in [0.3, 0.4) is 0 Å². The summed E-state index contributed by atoms with van der Waals surface area (Å²) in [5.74, 6) is -1.29. The fourth-order valence-electron chi connectivity index (χ4n) is 4.15. The highest BCUT2D eigenvalue weighted by Gasteiger charge is 2.47. The van der Waals surface area contributed by atoms with Crippen molar-refractivity contribution in [2.45, 2.75) is 26.8 Å². The molecule has 1 fully saturated rings. The van der Waals surface area contributed by atoms with E-state index in [1.54, 1.807) is 24.3 Å². The number of Topliss-reactive ketones (excluding diaryl/α,β-unsaturated/α-hetero) is 1. The molecule has 1 heterocycles. The number of anilines is 1. The van der Waals surface area contributed by atoms with Crippen molar-refractivity contribution in [3.63, 3.8) is 0 Å². The van der Waals surface area contributed by atoms with Gasteiger partial charge in [0.15, 0.2) is 0 Å². The monoisotopic (exact) mass is 461 g/mol. The third-order valence-electron chi connectivity index (χ3n) is 5.71. The summed E-state index contributed by atoms with van der Waals surface area (Å²) in [6.07, 6.45) is 0. The Kier molecular flexibility index (Phi) is 6.25. The van der Waals surface area contributed by atoms with Gasteiger partial charge in [-0.15, -0.1) is 0 Å². The van der Waals surface area contributed by atoms with Gasteiger partial charge in [-0.3, -0.25) is 14.5 Å². The predicted octanol–water partition coefficient (Wildman–Crippen LogP) is 5.98. The van der Waals surface area contributed by atoms with E-state index in [-0.39, 0.29) is 21.9 Å². The van der Waals surface area contributed by atoms with Crippen LogP contribution in [0.4, 0.5) is 5.69 Å². The van der Waals surface area contributed by atoms with Gasteiger partial charge < -0.3 is 9.84 Å². The Hall–Kier alpha value is -3.57. The molecule has 0 saturated carbocycles. The molecule has 168 valence electrons. The molecule has 3 aromatic carbocycles. The number of rotatable bonds is 5. The summed E-state index contributed by atoms with van der Waals surface area (Å²) in [7, 11) is 0. The van der Waals surface area contributed by atoms with Gasteiger partial charge in [0.25, 0.3) is 11.7 Å². The SMILES string of the molecule is CCOc1ccc(Cl)c(/C(O)=C2\C(=O)C(=O)N(c3cccc(C)c3)C2c2ccccc2C)c1. The minimum atomic E-state index is -0.806. The van der Waals surface area contributed by atoms with Gasteiger partial charge in [0.05, 0.1) is 23.2 Å². The first-order valence-corrected chi connectivity index (χ1v) is 11.1. The fraction of sp³-hybridized carbons (Fsp3) is 0.185. The molecule has 1 aliphatic rings. The maximum absolute atomic E-state index is 13.3. The van der Waals surface area contributed by atoms with E-state index in [1.807, 2.05) is 63.2 Å². The van der Waals surface area contributed by atoms with Crippen molar-refractivity contribution >= 4 is 34.7 Å². The standard InChI is InChI=1S/C27H24ClNO4/c1-4-33-19-12-13-22(28)21(15-19)25(30)23-24(20-11-6-5-9-17(20)3)29(27(32)26(23)31)18-10-7-8-16(2)14-18/h5-15,24,30H,4H2,1-3H3/b25-23+. The highest BCUT2D eigenvalue weighted by Crippen LogP contribution is 2.44. The quantitative estimate of drug-likeness (QED) is 0.288. The Morgan fingerprint density at radius 2 is 1.79 bits per heavy atom. The molecule has 33 heavy (non-hydrogen) atoms. The Balaban J connectivity index is 1.98. The van der Waals surface area contributed by atoms with Crippen LogP contribution in [0.15, 0.2) is 72.3 Å². The Labute approximate surface area is 197 Å². The van der Waals surface area contributed by atoms with Crippen LogP contribution in [-0.4, -0.2) is 23.4 Å². The molecule has 0 spiro atoms. The van der Waals surface area contributed by atoms with E-state index >= 15 is 0 Å². The fourth-order valence-corrected chi connectivity index (χ4v) is 4.36. The lowest BCUT2D eigenvalue weighted by Gasteiger charge is -2.27. The third kappa shape index (κ3) is 4.12. The number of ketones is 1. The zero-order chi connectivity index (χ0) is 23.7. The number of amides is 1. The van der Waals surface area contributed by atoms with E-state index in [1.165, 1.54) is 4.90 Å². The summed E-state index contributed by atoms with van der Waals surface area (Å²) in [6, 6.07) is 19.0. The number of benzene rings is 3. The third-order valence-corrected chi connectivity index (χ3v) is 6.04. The van der Waals surface area contributed by atoms with Gasteiger partial charge >= 0.3 is 0 Å². The normalized spacial score (nSPS) is 17.5. The number of hydrogen-bond acceptors (Lipinski definition) is 4. The van der Waals surface area contributed by atoms with Crippen LogP contribution in [0, 0.1) is 13.8 Å². The molecule has 1 saturated heterocycles. The van der Waals surface area contributed by atoms with Crippen molar-refractivity contribution < 1.29 is 19.4 Å². The van der Waals surface area contributed by atoms with Crippen molar-refractivity contribution in [1.29, 1.82) is 0 Å². The number of halogens is 1. The van der Waals surface area contributed by atoms with E-state index in [9.17, 15) is 14.7 Å². The molecule has 0 aromatic heterocycles. The zero-order valence-electron chi connectivity index (χ0n) is 18.6. The second-order valence-electron chi connectivity index (χ2n) is 7.94. The topological polar surface area (TPSA) is 66.8 Å². The second kappa shape index (κ2) is 9.12. The maximum Gasteiger partial charge on any atom is 0.300 e. The highest BCUT2D eigenvalue weighted by atomic mass is 35.5. The molecule has 6 heteroatoms. The van der Waals surface area contributed by atoms with Crippen LogP contribution in [0.25, 0.3) is 5.76 Å². The minimum absolute atomic E-state index is 0.00801. The lowest BCUT2D eigenvalue weighted by atomic mass is 9.92. The van der Waals surface area contributed by atoms with E-state index in [4.69, 9.17) is 16.3 Å². The van der Waals surface area contributed by atoms with E-state index < -0.39 is 17.7 Å². The molecule has 1 atom stereocenters. The molecule has 3 aromatic rings. The molecule has 1 amide bonds. The van der Waals surface area contributed by atoms with Crippen molar-refractivity contribution in [2.24, 2.45) is 0 Å². The molecule has 4 rings (SSSR count). The smallest absolute Gasteiger partial charge is 0.300 e.